The maximum Gasteiger partial charge on any atom is 0.166 e. The molecule has 0 aliphatic carbocycles. The molecule has 0 saturated carbocycles. The van der Waals surface area contributed by atoms with E-state index in [0.717, 1.165) is 11.5 Å². The number of thiocarbonyl (C=S) groups is 1. The van der Waals surface area contributed by atoms with Crippen molar-refractivity contribution in [2.24, 2.45) is 0 Å². The van der Waals surface area contributed by atoms with E-state index in [0.29, 0.717) is 18.3 Å². The van der Waals surface area contributed by atoms with Crippen molar-refractivity contribution in [2.75, 3.05) is 27.3 Å². The molecule has 16 heavy (non-hydrogen) atoms. The molecule has 0 bridgehead atoms. The molecule has 0 amide bonds. The Morgan fingerprint density at radius 3 is 2.62 bits per heavy atom. The molecule has 0 aliphatic heterocycles. The van der Waals surface area contributed by atoms with Gasteiger partial charge in [0.1, 0.15) is 6.61 Å². The van der Waals surface area contributed by atoms with Crippen LogP contribution in [0.15, 0.2) is 24.3 Å². The minimum atomic E-state index is 0.530. The van der Waals surface area contributed by atoms with Crippen LogP contribution in [0.3, 0.4) is 0 Å². The van der Waals surface area contributed by atoms with Crippen LogP contribution in [0.25, 0.3) is 0 Å². The quantitative estimate of drug-likeness (QED) is 0.597. The highest BCUT2D eigenvalue weighted by atomic mass is 32.1. The summed E-state index contributed by atoms with van der Waals surface area (Å²) in [5.41, 5.74) is 0. The van der Waals surface area contributed by atoms with Gasteiger partial charge in [-0.3, -0.25) is 0 Å². The van der Waals surface area contributed by atoms with Gasteiger partial charge in [-0.05, 0) is 24.4 Å². The Balaban J connectivity index is 2.34. The predicted octanol–water partition coefficient (Wildman–Crippen LogP) is 1.17. The molecule has 1 rings (SSSR count). The van der Waals surface area contributed by atoms with Gasteiger partial charge in [0.15, 0.2) is 16.6 Å². The topological polar surface area (TPSA) is 42.5 Å². The van der Waals surface area contributed by atoms with Crippen LogP contribution in [0.5, 0.6) is 11.5 Å². The van der Waals surface area contributed by atoms with Gasteiger partial charge in [-0.2, -0.15) is 0 Å². The highest BCUT2D eigenvalue weighted by Gasteiger charge is 2.01. The third-order valence-electron chi connectivity index (χ3n) is 1.94. The van der Waals surface area contributed by atoms with Crippen LogP contribution in [0.4, 0.5) is 0 Å². The maximum absolute atomic E-state index is 5.55. The van der Waals surface area contributed by atoms with Crippen molar-refractivity contribution in [3.63, 3.8) is 0 Å². The lowest BCUT2D eigenvalue weighted by Crippen LogP contribution is -2.35. The first-order valence-corrected chi connectivity index (χ1v) is 5.40. The van der Waals surface area contributed by atoms with Crippen LogP contribution in [-0.2, 0) is 0 Å². The molecular formula is C11H16N2O2S. The molecule has 88 valence electrons. The van der Waals surface area contributed by atoms with E-state index < -0.39 is 0 Å². The standard InChI is InChI=1S/C11H16N2O2S/c1-12-11(16)13-7-8-15-10-6-4-3-5-9(10)14-2/h3-6H,7-8H2,1-2H3,(H2,12,13,16). The van der Waals surface area contributed by atoms with Crippen molar-refractivity contribution in [3.05, 3.63) is 24.3 Å². The molecule has 1 aromatic rings. The SMILES string of the molecule is CNC(=S)NCCOc1ccccc1OC. The Hall–Kier alpha value is -1.49. The number of ether oxygens (including phenoxy) is 2. The highest BCUT2D eigenvalue weighted by Crippen LogP contribution is 2.25. The van der Waals surface area contributed by atoms with Crippen molar-refractivity contribution < 1.29 is 9.47 Å². The van der Waals surface area contributed by atoms with E-state index in [9.17, 15) is 0 Å². The number of hydrogen-bond acceptors (Lipinski definition) is 3. The lowest BCUT2D eigenvalue weighted by Gasteiger charge is -2.11. The van der Waals surface area contributed by atoms with Crippen LogP contribution >= 0.6 is 12.2 Å². The van der Waals surface area contributed by atoms with E-state index in [4.69, 9.17) is 21.7 Å². The van der Waals surface area contributed by atoms with E-state index >= 15 is 0 Å². The van der Waals surface area contributed by atoms with Gasteiger partial charge in [-0.15, -0.1) is 0 Å². The summed E-state index contributed by atoms with van der Waals surface area (Å²) in [5.74, 6) is 1.47. The zero-order valence-corrected chi connectivity index (χ0v) is 10.3. The molecule has 0 radical (unpaired) electrons. The number of nitrogens with one attached hydrogen (secondary N) is 2. The molecular weight excluding hydrogens is 224 g/mol. The monoisotopic (exact) mass is 240 g/mol. The van der Waals surface area contributed by atoms with E-state index in [-0.39, 0.29) is 0 Å². The minimum absolute atomic E-state index is 0.530. The molecule has 0 fully saturated rings. The predicted molar refractivity (Wildman–Crippen MR) is 68.1 cm³/mol. The summed E-state index contributed by atoms with van der Waals surface area (Å²) in [5, 5.41) is 6.44. The molecule has 0 aromatic heterocycles. The van der Waals surface area contributed by atoms with E-state index in [1.165, 1.54) is 0 Å². The van der Waals surface area contributed by atoms with Gasteiger partial charge in [0.05, 0.1) is 13.7 Å². The van der Waals surface area contributed by atoms with Crippen LogP contribution in [0.2, 0.25) is 0 Å². The van der Waals surface area contributed by atoms with Gasteiger partial charge in [-0.25, -0.2) is 0 Å². The number of benzene rings is 1. The second-order valence-electron chi connectivity index (χ2n) is 3.01. The molecule has 0 atom stereocenters. The van der Waals surface area contributed by atoms with E-state index in [1.807, 2.05) is 24.3 Å². The van der Waals surface area contributed by atoms with Gasteiger partial charge >= 0.3 is 0 Å². The second kappa shape index (κ2) is 6.90. The maximum atomic E-state index is 5.55. The summed E-state index contributed by atoms with van der Waals surface area (Å²) in [6.45, 7) is 1.18. The molecule has 5 heteroatoms. The molecule has 1 aromatic carbocycles. The summed E-state index contributed by atoms with van der Waals surface area (Å²) in [6.07, 6.45) is 0. The van der Waals surface area contributed by atoms with Crippen LogP contribution in [-0.4, -0.2) is 32.4 Å². The average Bonchev–Trinajstić information content (AvgIpc) is 2.34. The lowest BCUT2D eigenvalue weighted by molar-refractivity contribution is 0.298. The summed E-state index contributed by atoms with van der Waals surface area (Å²) in [7, 11) is 3.40. The number of methoxy groups -OCH3 is 1. The van der Waals surface area contributed by atoms with Crippen molar-refractivity contribution in [1.29, 1.82) is 0 Å². The third kappa shape index (κ3) is 3.94. The molecule has 0 aliphatic rings. The van der Waals surface area contributed by atoms with Gasteiger partial charge < -0.3 is 20.1 Å². The summed E-state index contributed by atoms with van der Waals surface area (Å²) in [4.78, 5) is 0. The molecule has 0 unspecified atom stereocenters. The van der Waals surface area contributed by atoms with Crippen molar-refractivity contribution >= 4 is 17.3 Å². The fraction of sp³-hybridized carbons (Fsp3) is 0.364. The van der Waals surface area contributed by atoms with Crippen molar-refractivity contribution in [1.82, 2.24) is 10.6 Å². The van der Waals surface area contributed by atoms with Crippen LogP contribution in [0, 0.1) is 0 Å². The number of hydrogen-bond donors (Lipinski definition) is 2. The van der Waals surface area contributed by atoms with Crippen molar-refractivity contribution in [2.45, 2.75) is 0 Å². The van der Waals surface area contributed by atoms with Gasteiger partial charge in [-0.1, -0.05) is 12.1 Å². The number of rotatable bonds is 5. The third-order valence-corrected chi connectivity index (χ3v) is 2.29. The first kappa shape index (κ1) is 12.6. The Morgan fingerprint density at radius 1 is 1.31 bits per heavy atom. The Labute approximate surface area is 101 Å². The Kier molecular flexibility index (Phi) is 5.42. The van der Waals surface area contributed by atoms with Crippen molar-refractivity contribution in [3.8, 4) is 11.5 Å². The first-order chi connectivity index (χ1) is 7.77. The van der Waals surface area contributed by atoms with Crippen LogP contribution < -0.4 is 20.1 Å². The summed E-state index contributed by atoms with van der Waals surface area (Å²) in [6, 6.07) is 7.54. The average molecular weight is 240 g/mol. The first-order valence-electron chi connectivity index (χ1n) is 4.99. The Morgan fingerprint density at radius 2 is 2.00 bits per heavy atom. The summed E-state index contributed by atoms with van der Waals surface area (Å²) >= 11 is 4.93. The Bertz CT molecular complexity index is 345. The van der Waals surface area contributed by atoms with Gasteiger partial charge in [0, 0.05) is 7.05 Å². The fourth-order valence-electron chi connectivity index (χ4n) is 1.15. The van der Waals surface area contributed by atoms with Gasteiger partial charge in [0.2, 0.25) is 0 Å². The highest BCUT2D eigenvalue weighted by molar-refractivity contribution is 7.80. The minimum Gasteiger partial charge on any atom is -0.493 e. The molecule has 2 N–H and O–H groups in total. The fourth-order valence-corrected chi connectivity index (χ4v) is 1.25. The zero-order valence-electron chi connectivity index (χ0n) is 9.45. The lowest BCUT2D eigenvalue weighted by atomic mass is 10.3. The van der Waals surface area contributed by atoms with E-state index in [2.05, 4.69) is 10.6 Å². The largest absolute Gasteiger partial charge is 0.493 e. The summed E-state index contributed by atoms with van der Waals surface area (Å²) < 4.78 is 10.7. The van der Waals surface area contributed by atoms with Crippen LogP contribution in [0.1, 0.15) is 0 Å². The smallest absolute Gasteiger partial charge is 0.166 e. The molecule has 0 spiro atoms. The normalized spacial score (nSPS) is 9.38. The molecule has 0 saturated heterocycles. The number of para-hydroxylation sites is 2. The van der Waals surface area contributed by atoms with Gasteiger partial charge in [0.25, 0.3) is 0 Å². The van der Waals surface area contributed by atoms with E-state index in [1.54, 1.807) is 14.2 Å². The second-order valence-corrected chi connectivity index (χ2v) is 3.41. The molecule has 0 heterocycles. The zero-order chi connectivity index (χ0) is 11.8. The molecule has 4 nitrogen and oxygen atoms in total.